The number of rotatable bonds is 6. The first-order valence-corrected chi connectivity index (χ1v) is 12.4. The summed E-state index contributed by atoms with van der Waals surface area (Å²) in [6, 6.07) is 13.4. The highest BCUT2D eigenvalue weighted by molar-refractivity contribution is 9.10. The Balaban J connectivity index is 2.30. The highest BCUT2D eigenvalue weighted by atomic mass is 79.9. The van der Waals surface area contributed by atoms with Gasteiger partial charge >= 0.3 is 0 Å². The predicted molar refractivity (Wildman–Crippen MR) is 113 cm³/mol. The van der Waals surface area contributed by atoms with Crippen LogP contribution in [0.1, 0.15) is 49.7 Å². The SMILES string of the molecule is CC(=O)c1ccc(Oc2cccc(C(O[SiH](C)C)C(C)(C)C)c2)c(Br)c1. The van der Waals surface area contributed by atoms with Gasteiger partial charge in [-0.25, -0.2) is 0 Å². The number of halogens is 1. The zero-order chi connectivity index (χ0) is 19.5. The van der Waals surface area contributed by atoms with Gasteiger partial charge in [0.1, 0.15) is 11.5 Å². The van der Waals surface area contributed by atoms with Crippen LogP contribution in [0.5, 0.6) is 11.5 Å². The van der Waals surface area contributed by atoms with Crippen LogP contribution in [0.25, 0.3) is 0 Å². The van der Waals surface area contributed by atoms with E-state index in [-0.39, 0.29) is 17.3 Å². The van der Waals surface area contributed by atoms with Crippen molar-refractivity contribution in [3.8, 4) is 11.5 Å². The highest BCUT2D eigenvalue weighted by Crippen LogP contribution is 2.39. The van der Waals surface area contributed by atoms with E-state index in [1.165, 1.54) is 0 Å². The van der Waals surface area contributed by atoms with E-state index in [1.54, 1.807) is 19.1 Å². The molecule has 0 spiro atoms. The average molecular weight is 435 g/mol. The molecule has 5 heteroatoms. The molecule has 0 heterocycles. The lowest BCUT2D eigenvalue weighted by atomic mass is 9.85. The van der Waals surface area contributed by atoms with Crippen molar-refractivity contribution in [3.05, 3.63) is 58.1 Å². The molecule has 0 aliphatic carbocycles. The maximum Gasteiger partial charge on any atom is 0.171 e. The number of benzene rings is 2. The van der Waals surface area contributed by atoms with Gasteiger partial charge in [-0.2, -0.15) is 0 Å². The van der Waals surface area contributed by atoms with E-state index in [2.05, 4.69) is 55.9 Å². The van der Waals surface area contributed by atoms with E-state index >= 15 is 0 Å². The van der Waals surface area contributed by atoms with Crippen LogP contribution in [-0.2, 0) is 4.43 Å². The van der Waals surface area contributed by atoms with Gasteiger partial charge in [0.25, 0.3) is 0 Å². The van der Waals surface area contributed by atoms with Crippen LogP contribution in [0.15, 0.2) is 46.9 Å². The van der Waals surface area contributed by atoms with Gasteiger partial charge in [-0.1, -0.05) is 32.9 Å². The predicted octanol–water partition coefficient (Wildman–Crippen LogP) is 6.53. The summed E-state index contributed by atoms with van der Waals surface area (Å²) < 4.78 is 13.1. The Morgan fingerprint density at radius 3 is 2.35 bits per heavy atom. The Hall–Kier alpha value is -1.43. The van der Waals surface area contributed by atoms with Gasteiger partial charge in [0.05, 0.1) is 10.6 Å². The molecule has 0 saturated carbocycles. The smallest absolute Gasteiger partial charge is 0.171 e. The fraction of sp³-hybridized carbons (Fsp3) is 0.381. The van der Waals surface area contributed by atoms with Crippen molar-refractivity contribution in [2.75, 3.05) is 0 Å². The Kier molecular flexibility index (Phi) is 6.83. The number of carbonyl (C=O) groups excluding carboxylic acids is 1. The van der Waals surface area contributed by atoms with Crippen molar-refractivity contribution < 1.29 is 14.0 Å². The van der Waals surface area contributed by atoms with E-state index < -0.39 is 9.04 Å². The maximum absolute atomic E-state index is 11.5. The lowest BCUT2D eigenvalue weighted by molar-refractivity contribution is 0.0864. The number of ether oxygens (including phenoxy) is 1. The quantitative estimate of drug-likeness (QED) is 0.382. The molecule has 2 aromatic rings. The summed E-state index contributed by atoms with van der Waals surface area (Å²) in [7, 11) is -1.19. The molecule has 2 aromatic carbocycles. The summed E-state index contributed by atoms with van der Waals surface area (Å²) in [5.41, 5.74) is 1.77. The van der Waals surface area contributed by atoms with Crippen LogP contribution in [0.4, 0.5) is 0 Å². The molecule has 0 bridgehead atoms. The second kappa shape index (κ2) is 8.50. The lowest BCUT2D eigenvalue weighted by Crippen LogP contribution is -2.25. The highest BCUT2D eigenvalue weighted by Gasteiger charge is 2.28. The second-order valence-corrected chi connectivity index (χ2v) is 11.0. The van der Waals surface area contributed by atoms with Crippen LogP contribution in [0.2, 0.25) is 13.1 Å². The molecular weight excluding hydrogens is 408 g/mol. The summed E-state index contributed by atoms with van der Waals surface area (Å²) in [5.74, 6) is 1.46. The molecule has 0 aliphatic rings. The standard InChI is InChI=1S/C21H27BrO3Si/c1-14(23)15-10-11-19(18(22)13-15)24-17-9-7-8-16(12-17)20(21(2,3)4)25-26(5)6/h7-13,20,26H,1-6H3. The minimum atomic E-state index is -1.19. The number of Topliss-reactive ketones (excluding diaryl/α,β-unsaturated/α-hetero) is 1. The second-order valence-electron chi connectivity index (χ2n) is 7.81. The fourth-order valence-electron chi connectivity index (χ4n) is 2.73. The largest absolute Gasteiger partial charge is 0.456 e. The first kappa shape index (κ1) is 20.9. The number of ketones is 1. The molecule has 2 rings (SSSR count). The van der Waals surface area contributed by atoms with Gasteiger partial charge in [-0.3, -0.25) is 4.79 Å². The molecule has 0 amide bonds. The zero-order valence-electron chi connectivity index (χ0n) is 16.3. The number of carbonyl (C=O) groups is 1. The van der Waals surface area contributed by atoms with E-state index in [4.69, 9.17) is 9.16 Å². The van der Waals surface area contributed by atoms with Crippen LogP contribution >= 0.6 is 15.9 Å². The Labute approximate surface area is 166 Å². The van der Waals surface area contributed by atoms with Crippen LogP contribution in [0.3, 0.4) is 0 Å². The van der Waals surface area contributed by atoms with E-state index in [0.717, 1.165) is 15.8 Å². The third-order valence-electron chi connectivity index (χ3n) is 3.92. The molecular formula is C21H27BrO3Si. The topological polar surface area (TPSA) is 35.5 Å². The summed E-state index contributed by atoms with van der Waals surface area (Å²) in [6.45, 7) is 12.5. The number of hydrogen-bond donors (Lipinski definition) is 0. The molecule has 0 saturated heterocycles. The van der Waals surface area contributed by atoms with Gasteiger partial charge in [-0.15, -0.1) is 0 Å². The first-order chi connectivity index (χ1) is 12.1. The molecule has 3 nitrogen and oxygen atoms in total. The molecule has 0 fully saturated rings. The van der Waals surface area contributed by atoms with Gasteiger partial charge in [0, 0.05) is 5.56 Å². The molecule has 1 unspecified atom stereocenters. The van der Waals surface area contributed by atoms with Gasteiger partial charge in [0.15, 0.2) is 14.8 Å². The molecule has 0 N–H and O–H groups in total. The summed E-state index contributed by atoms with van der Waals surface area (Å²) in [4.78, 5) is 11.5. The lowest BCUT2D eigenvalue weighted by Gasteiger charge is -2.33. The maximum atomic E-state index is 11.5. The van der Waals surface area contributed by atoms with Crippen molar-refractivity contribution in [2.24, 2.45) is 5.41 Å². The average Bonchev–Trinajstić information content (AvgIpc) is 2.53. The van der Waals surface area contributed by atoms with Crippen molar-refractivity contribution in [3.63, 3.8) is 0 Å². The third-order valence-corrected chi connectivity index (χ3v) is 5.36. The molecule has 0 aliphatic heterocycles. The third kappa shape index (κ3) is 5.53. The minimum Gasteiger partial charge on any atom is -0.456 e. The van der Waals surface area contributed by atoms with Crippen molar-refractivity contribution >= 4 is 30.8 Å². The molecule has 0 aromatic heterocycles. The van der Waals surface area contributed by atoms with E-state index in [0.29, 0.717) is 11.3 Å². The monoisotopic (exact) mass is 434 g/mol. The summed E-state index contributed by atoms with van der Waals surface area (Å²) in [5, 5.41) is 0. The molecule has 140 valence electrons. The number of hydrogen-bond acceptors (Lipinski definition) is 3. The Morgan fingerprint density at radius 2 is 1.81 bits per heavy atom. The molecule has 26 heavy (non-hydrogen) atoms. The van der Waals surface area contributed by atoms with E-state index in [9.17, 15) is 4.79 Å². The minimum absolute atomic E-state index is 0.000384. The summed E-state index contributed by atoms with van der Waals surface area (Å²) in [6.07, 6.45) is 0.0289. The van der Waals surface area contributed by atoms with Crippen LogP contribution < -0.4 is 4.74 Å². The van der Waals surface area contributed by atoms with Gasteiger partial charge in [-0.05, 0) is 77.3 Å². The van der Waals surface area contributed by atoms with Crippen LogP contribution in [-0.4, -0.2) is 14.8 Å². The zero-order valence-corrected chi connectivity index (χ0v) is 19.0. The van der Waals surface area contributed by atoms with Gasteiger partial charge < -0.3 is 9.16 Å². The Morgan fingerprint density at radius 1 is 1.12 bits per heavy atom. The Bertz CT molecular complexity index is 781. The molecule has 0 radical (unpaired) electrons. The first-order valence-electron chi connectivity index (χ1n) is 8.81. The van der Waals surface area contributed by atoms with Gasteiger partial charge in [0.2, 0.25) is 0 Å². The normalized spacial score (nSPS) is 12.9. The summed E-state index contributed by atoms with van der Waals surface area (Å²) >= 11 is 3.49. The molecule has 1 atom stereocenters. The van der Waals surface area contributed by atoms with Crippen LogP contribution in [0, 0.1) is 5.41 Å². The fourth-order valence-corrected chi connectivity index (χ4v) is 4.29. The van der Waals surface area contributed by atoms with Crippen molar-refractivity contribution in [2.45, 2.75) is 46.9 Å². The van der Waals surface area contributed by atoms with Crippen molar-refractivity contribution in [1.29, 1.82) is 0 Å². The van der Waals surface area contributed by atoms with Crippen molar-refractivity contribution in [1.82, 2.24) is 0 Å². The van der Waals surface area contributed by atoms with E-state index in [1.807, 2.05) is 24.3 Å².